The second-order valence-corrected chi connectivity index (χ2v) is 15.0. The molecular formula is C35H31N3O4S2. The fourth-order valence-corrected chi connectivity index (χ4v) is 9.38. The molecule has 0 saturated heterocycles. The van der Waals surface area contributed by atoms with E-state index in [2.05, 4.69) is 0 Å². The van der Waals surface area contributed by atoms with E-state index in [4.69, 9.17) is 0 Å². The van der Waals surface area contributed by atoms with Gasteiger partial charge < -0.3 is 4.90 Å². The van der Waals surface area contributed by atoms with Gasteiger partial charge in [-0.25, -0.2) is 25.4 Å². The summed E-state index contributed by atoms with van der Waals surface area (Å²) in [5.74, 6) is 0. The molecule has 2 bridgehead atoms. The maximum atomic E-state index is 14.7. The highest BCUT2D eigenvalue weighted by molar-refractivity contribution is 7.93. The van der Waals surface area contributed by atoms with Crippen LogP contribution in [0.3, 0.4) is 0 Å². The molecule has 0 unspecified atom stereocenters. The summed E-state index contributed by atoms with van der Waals surface area (Å²) in [4.78, 5) is 2.24. The van der Waals surface area contributed by atoms with Crippen LogP contribution in [0.25, 0.3) is 0 Å². The highest BCUT2D eigenvalue weighted by Gasteiger charge is 2.54. The molecule has 0 aliphatic carbocycles. The first-order valence-corrected chi connectivity index (χ1v) is 17.2. The summed E-state index contributed by atoms with van der Waals surface area (Å²) in [7, 11) is -8.24. The van der Waals surface area contributed by atoms with E-state index in [0.29, 0.717) is 28.2 Å². The van der Waals surface area contributed by atoms with Crippen molar-refractivity contribution >= 4 is 37.1 Å². The number of sulfonamides is 2. The summed E-state index contributed by atoms with van der Waals surface area (Å²) in [5.41, 5.74) is 5.62. The lowest BCUT2D eigenvalue weighted by Crippen LogP contribution is -2.59. The standard InChI is InChI=1S/C35H31N3O4S2/c1-24-12-18-27(19-13-24)36-34-31-9-5-7-11-33(31)38(44(41,42)29-22-16-26(3)17-23-29)35(36)30-8-4-6-10-32(30)37(34)43(39,40)28-20-14-25(2)15-21-28/h4-23,34-35H,1-3H3/t34-,35+. The number of nitrogens with zero attached hydrogens (tertiary/aromatic N) is 3. The SMILES string of the molecule is Cc1ccc(N2[C@H]3c4ccccc4N(S(=O)(=O)c4ccc(C)cc4)[C@H]2c2ccccc2N3S(=O)(=O)c2ccc(C)cc2)cc1. The third-order valence-electron chi connectivity index (χ3n) is 8.36. The average Bonchev–Trinajstić information content (AvgIpc) is 3.01. The van der Waals surface area contributed by atoms with Crippen LogP contribution in [-0.2, 0) is 20.0 Å². The van der Waals surface area contributed by atoms with Gasteiger partial charge in [0, 0.05) is 16.8 Å². The van der Waals surface area contributed by atoms with Crippen molar-refractivity contribution in [3.8, 4) is 0 Å². The lowest BCUT2D eigenvalue weighted by molar-refractivity contribution is 0.482. The van der Waals surface area contributed by atoms with Crippen molar-refractivity contribution in [2.45, 2.75) is 42.9 Å². The van der Waals surface area contributed by atoms with E-state index in [1.165, 1.54) is 8.61 Å². The molecule has 0 radical (unpaired) electrons. The zero-order chi connectivity index (χ0) is 30.8. The molecule has 2 atom stereocenters. The van der Waals surface area contributed by atoms with Crippen LogP contribution in [0.1, 0.15) is 40.1 Å². The maximum absolute atomic E-state index is 14.7. The van der Waals surface area contributed by atoms with Gasteiger partial charge in [-0.2, -0.15) is 0 Å². The van der Waals surface area contributed by atoms with Gasteiger partial charge in [-0.15, -0.1) is 0 Å². The highest BCUT2D eigenvalue weighted by atomic mass is 32.2. The predicted octanol–water partition coefficient (Wildman–Crippen LogP) is 7.23. The van der Waals surface area contributed by atoms with E-state index < -0.39 is 32.4 Å². The van der Waals surface area contributed by atoms with Crippen molar-refractivity contribution in [2.24, 2.45) is 0 Å². The Morgan fingerprint density at radius 3 is 1.18 bits per heavy atom. The van der Waals surface area contributed by atoms with E-state index in [1.54, 1.807) is 72.8 Å². The van der Waals surface area contributed by atoms with E-state index in [-0.39, 0.29) is 9.79 Å². The minimum absolute atomic E-state index is 0.160. The lowest BCUT2D eigenvalue weighted by atomic mass is 9.95. The van der Waals surface area contributed by atoms with E-state index >= 15 is 0 Å². The van der Waals surface area contributed by atoms with E-state index in [1.807, 2.05) is 74.2 Å². The molecule has 7 nitrogen and oxygen atoms in total. The summed E-state index contributed by atoms with van der Waals surface area (Å²) >= 11 is 0. The second kappa shape index (κ2) is 10.2. The van der Waals surface area contributed by atoms with Gasteiger partial charge in [0.15, 0.2) is 0 Å². The Bertz CT molecular complexity index is 1960. The molecular weight excluding hydrogens is 591 g/mol. The number of hydrogen-bond acceptors (Lipinski definition) is 5. The van der Waals surface area contributed by atoms with Crippen LogP contribution in [-0.4, -0.2) is 16.8 Å². The summed E-state index contributed by atoms with van der Waals surface area (Å²) in [6.45, 7) is 5.81. The Hall–Kier alpha value is -4.60. The molecule has 0 spiro atoms. The van der Waals surface area contributed by atoms with Crippen molar-refractivity contribution in [3.05, 3.63) is 149 Å². The predicted molar refractivity (Wildman–Crippen MR) is 174 cm³/mol. The Labute approximate surface area is 258 Å². The fourth-order valence-electron chi connectivity index (χ4n) is 6.16. The number of rotatable bonds is 5. The molecule has 2 aliphatic heterocycles. The molecule has 0 amide bonds. The van der Waals surface area contributed by atoms with Gasteiger partial charge in [-0.05, 0) is 69.3 Å². The summed E-state index contributed by atoms with van der Waals surface area (Å²) in [6.07, 6.45) is -1.74. The van der Waals surface area contributed by atoms with Crippen LogP contribution < -0.4 is 13.5 Å². The Morgan fingerprint density at radius 2 is 0.795 bits per heavy atom. The van der Waals surface area contributed by atoms with Crippen molar-refractivity contribution in [1.29, 1.82) is 0 Å². The Morgan fingerprint density at radius 1 is 0.455 bits per heavy atom. The van der Waals surface area contributed by atoms with Crippen molar-refractivity contribution < 1.29 is 16.8 Å². The summed E-state index contributed by atoms with van der Waals surface area (Å²) in [6, 6.07) is 35.8. The number of hydrogen-bond donors (Lipinski definition) is 0. The largest absolute Gasteiger partial charge is 0.320 e. The highest BCUT2D eigenvalue weighted by Crippen LogP contribution is 2.57. The van der Waals surface area contributed by atoms with Gasteiger partial charge in [0.1, 0.15) is 12.3 Å². The molecule has 222 valence electrons. The lowest BCUT2D eigenvalue weighted by Gasteiger charge is -2.56. The van der Waals surface area contributed by atoms with Crippen molar-refractivity contribution in [1.82, 2.24) is 0 Å². The Balaban J connectivity index is 1.57. The van der Waals surface area contributed by atoms with Crippen LogP contribution in [0.5, 0.6) is 0 Å². The van der Waals surface area contributed by atoms with Gasteiger partial charge in [0.25, 0.3) is 20.0 Å². The molecule has 5 aromatic rings. The molecule has 0 fully saturated rings. The third kappa shape index (κ3) is 4.30. The molecule has 0 saturated carbocycles. The number of benzene rings is 5. The average molecular weight is 622 g/mol. The smallest absolute Gasteiger partial charge is 0.266 e. The molecule has 0 aromatic heterocycles. The van der Waals surface area contributed by atoms with Crippen molar-refractivity contribution in [3.63, 3.8) is 0 Å². The van der Waals surface area contributed by atoms with Crippen LogP contribution in [0, 0.1) is 20.8 Å². The molecule has 5 aromatic carbocycles. The molecule has 2 heterocycles. The van der Waals surface area contributed by atoms with Crippen LogP contribution in [0.4, 0.5) is 17.1 Å². The number of aryl methyl sites for hydroxylation is 3. The normalized spacial score (nSPS) is 17.7. The number of anilines is 3. The third-order valence-corrected chi connectivity index (χ3v) is 11.9. The van der Waals surface area contributed by atoms with Gasteiger partial charge >= 0.3 is 0 Å². The molecule has 2 aliphatic rings. The van der Waals surface area contributed by atoms with Gasteiger partial charge in [-0.3, -0.25) is 0 Å². The first-order valence-electron chi connectivity index (χ1n) is 14.3. The van der Waals surface area contributed by atoms with Crippen LogP contribution >= 0.6 is 0 Å². The zero-order valence-corrected chi connectivity index (χ0v) is 26.1. The topological polar surface area (TPSA) is 78.0 Å². The summed E-state index contributed by atoms with van der Waals surface area (Å²) < 4.78 is 61.7. The van der Waals surface area contributed by atoms with Gasteiger partial charge in [0.2, 0.25) is 0 Å². The van der Waals surface area contributed by atoms with E-state index in [0.717, 1.165) is 16.7 Å². The van der Waals surface area contributed by atoms with Crippen LogP contribution in [0.15, 0.2) is 131 Å². The molecule has 7 rings (SSSR count). The maximum Gasteiger partial charge on any atom is 0.266 e. The van der Waals surface area contributed by atoms with Gasteiger partial charge in [0.05, 0.1) is 21.2 Å². The minimum atomic E-state index is -4.12. The van der Waals surface area contributed by atoms with Crippen molar-refractivity contribution in [2.75, 3.05) is 13.5 Å². The molecule has 9 heteroatoms. The first-order chi connectivity index (χ1) is 21.1. The van der Waals surface area contributed by atoms with E-state index in [9.17, 15) is 16.8 Å². The molecule has 0 N–H and O–H groups in total. The van der Waals surface area contributed by atoms with Crippen LogP contribution in [0.2, 0.25) is 0 Å². The monoisotopic (exact) mass is 621 g/mol. The summed E-state index contributed by atoms with van der Waals surface area (Å²) in [5, 5.41) is 0. The fraction of sp³-hybridized carbons (Fsp3) is 0.143. The quantitative estimate of drug-likeness (QED) is 0.207. The zero-order valence-electron chi connectivity index (χ0n) is 24.5. The number of para-hydroxylation sites is 2. The first kappa shape index (κ1) is 28.2. The second-order valence-electron chi connectivity index (χ2n) is 11.3. The van der Waals surface area contributed by atoms with Gasteiger partial charge in [-0.1, -0.05) is 89.5 Å². The molecule has 44 heavy (non-hydrogen) atoms. The minimum Gasteiger partial charge on any atom is -0.320 e. The Kier molecular flexibility index (Phi) is 6.56. The number of fused-ring (bicyclic) bond motifs is 6.